The minimum atomic E-state index is -4.83. The maximum Gasteiger partial charge on any atom is 0.455 e. The molecule has 10 nitrogen and oxygen atoms in total. The molecule has 0 aliphatic rings. The highest BCUT2D eigenvalue weighted by Crippen LogP contribution is 2.30. The normalized spacial score (nSPS) is 11.9. The number of pyridine rings is 1. The van der Waals surface area contributed by atoms with Crippen molar-refractivity contribution in [3.8, 4) is 5.82 Å². The molecule has 0 fully saturated rings. The minimum absolute atomic E-state index is 0.00368. The molecule has 0 aliphatic carbocycles. The Bertz CT molecular complexity index is 1970. The van der Waals surface area contributed by atoms with Crippen LogP contribution in [0, 0.1) is 6.92 Å². The molecule has 0 saturated carbocycles. The molecule has 47 heavy (non-hydrogen) atoms. The molecule has 244 valence electrons. The van der Waals surface area contributed by atoms with Gasteiger partial charge in [0.15, 0.2) is 11.6 Å². The van der Waals surface area contributed by atoms with E-state index in [-0.39, 0.29) is 56.9 Å². The van der Waals surface area contributed by atoms with Crippen LogP contribution in [-0.4, -0.2) is 46.7 Å². The maximum atomic E-state index is 13.8. The van der Waals surface area contributed by atoms with Gasteiger partial charge in [-0.2, -0.15) is 36.2 Å². The third-order valence-corrected chi connectivity index (χ3v) is 7.24. The summed E-state index contributed by atoms with van der Waals surface area (Å²) in [7, 11) is 0. The Morgan fingerprint density at radius 3 is 2.38 bits per heavy atom. The number of aromatic nitrogens is 7. The second-order valence-corrected chi connectivity index (χ2v) is 11.0. The number of benzene rings is 2. The Morgan fingerprint density at radius 1 is 0.936 bits per heavy atom. The number of carbonyl (C=O) groups excluding carboxylic acids is 2. The van der Waals surface area contributed by atoms with Gasteiger partial charge < -0.3 is 5.32 Å². The number of Topliss-reactive ketones (excluding diaryl/α,β-unsaturated/α-hetero) is 1. The molecule has 3 heterocycles. The zero-order valence-electron chi connectivity index (χ0n) is 23.9. The van der Waals surface area contributed by atoms with Crippen LogP contribution in [0.5, 0.6) is 0 Å². The molecule has 0 unspecified atom stereocenters. The van der Waals surface area contributed by atoms with E-state index in [4.69, 9.17) is 23.2 Å². The number of rotatable bonds is 9. The number of alkyl halides is 6. The summed E-state index contributed by atoms with van der Waals surface area (Å²) in [6, 6.07) is 11.6. The van der Waals surface area contributed by atoms with E-state index in [1.807, 2.05) is 0 Å². The van der Waals surface area contributed by atoms with Crippen LogP contribution in [0.25, 0.3) is 5.82 Å². The average molecular weight is 697 g/mol. The molecular formula is C29H20Cl2F6N8O2. The summed E-state index contributed by atoms with van der Waals surface area (Å²) in [5.41, 5.74) is 0.0216. The average Bonchev–Trinajstić information content (AvgIpc) is 3.65. The summed E-state index contributed by atoms with van der Waals surface area (Å²) in [6.45, 7) is 0.970. The number of ketones is 1. The summed E-state index contributed by atoms with van der Waals surface area (Å²) in [4.78, 5) is 32.0. The number of carbonyl (C=O) groups is 2. The largest absolute Gasteiger partial charge is 0.455 e. The van der Waals surface area contributed by atoms with Crippen molar-refractivity contribution in [3.63, 3.8) is 0 Å². The zero-order valence-corrected chi connectivity index (χ0v) is 25.4. The first-order chi connectivity index (χ1) is 22.1. The van der Waals surface area contributed by atoms with Crippen molar-refractivity contribution in [2.45, 2.75) is 38.8 Å². The van der Waals surface area contributed by atoms with Gasteiger partial charge in [0.25, 0.3) is 11.7 Å². The Morgan fingerprint density at radius 2 is 1.70 bits per heavy atom. The van der Waals surface area contributed by atoms with Crippen molar-refractivity contribution in [3.05, 3.63) is 116 Å². The molecule has 1 N–H and O–H groups in total. The highest BCUT2D eigenvalue weighted by molar-refractivity contribution is 6.32. The predicted octanol–water partition coefficient (Wildman–Crippen LogP) is 6.31. The lowest BCUT2D eigenvalue weighted by Crippen LogP contribution is -2.25. The number of nitrogens with zero attached hydrogens (tertiary/aromatic N) is 7. The molecule has 2 aromatic carbocycles. The fraction of sp³-hybridized carbons (Fsp3) is 0.207. The van der Waals surface area contributed by atoms with Gasteiger partial charge in [0.2, 0.25) is 0 Å². The van der Waals surface area contributed by atoms with Gasteiger partial charge in [0.05, 0.1) is 16.3 Å². The van der Waals surface area contributed by atoms with Gasteiger partial charge in [-0.05, 0) is 71.3 Å². The lowest BCUT2D eigenvalue weighted by Gasteiger charge is -2.15. The monoisotopic (exact) mass is 696 g/mol. The van der Waals surface area contributed by atoms with Crippen molar-refractivity contribution in [1.29, 1.82) is 0 Å². The first kappa shape index (κ1) is 33.5. The van der Waals surface area contributed by atoms with E-state index < -0.39 is 42.0 Å². The van der Waals surface area contributed by atoms with E-state index in [0.717, 1.165) is 16.8 Å². The van der Waals surface area contributed by atoms with Crippen molar-refractivity contribution in [2.24, 2.45) is 0 Å². The molecular weight excluding hydrogens is 677 g/mol. The Balaban J connectivity index is 1.45. The van der Waals surface area contributed by atoms with Crippen molar-refractivity contribution in [1.82, 2.24) is 40.3 Å². The van der Waals surface area contributed by atoms with Gasteiger partial charge in [0, 0.05) is 29.7 Å². The first-order valence-electron chi connectivity index (χ1n) is 13.4. The van der Waals surface area contributed by atoms with Crippen LogP contribution < -0.4 is 5.32 Å². The quantitative estimate of drug-likeness (QED) is 0.142. The topological polar surface area (TPSA) is 120 Å². The summed E-state index contributed by atoms with van der Waals surface area (Å²) in [5, 5.41) is 16.8. The Kier molecular flexibility index (Phi) is 9.36. The van der Waals surface area contributed by atoms with Crippen LogP contribution in [0.4, 0.5) is 26.3 Å². The minimum Gasteiger partial charge on any atom is -0.348 e. The van der Waals surface area contributed by atoms with Gasteiger partial charge in [0.1, 0.15) is 12.2 Å². The molecule has 0 spiro atoms. The first-order valence-corrected chi connectivity index (χ1v) is 14.2. The van der Waals surface area contributed by atoms with Gasteiger partial charge in [-0.25, -0.2) is 9.67 Å². The fourth-order valence-electron chi connectivity index (χ4n) is 4.57. The van der Waals surface area contributed by atoms with E-state index in [1.165, 1.54) is 48.7 Å². The molecule has 0 aliphatic heterocycles. The van der Waals surface area contributed by atoms with Gasteiger partial charge >= 0.3 is 12.4 Å². The molecule has 0 atom stereocenters. The van der Waals surface area contributed by atoms with Crippen molar-refractivity contribution < 1.29 is 35.9 Å². The Labute approximate surface area is 271 Å². The van der Waals surface area contributed by atoms with Gasteiger partial charge in [-0.15, -0.1) is 10.2 Å². The number of hydrogen-bond donors (Lipinski definition) is 1. The lowest BCUT2D eigenvalue weighted by molar-refractivity contribution is -0.145. The van der Waals surface area contributed by atoms with Gasteiger partial charge in [-0.1, -0.05) is 35.3 Å². The molecule has 5 rings (SSSR count). The zero-order chi connectivity index (χ0) is 34.1. The van der Waals surface area contributed by atoms with Crippen LogP contribution in [0.3, 0.4) is 0 Å². The van der Waals surface area contributed by atoms with Crippen LogP contribution in [0.2, 0.25) is 10.0 Å². The van der Waals surface area contributed by atoms with E-state index >= 15 is 0 Å². The number of nitrogens with one attached hydrogen (secondary N) is 1. The van der Waals surface area contributed by atoms with Crippen molar-refractivity contribution in [2.75, 3.05) is 0 Å². The molecule has 0 bridgehead atoms. The van der Waals surface area contributed by atoms with E-state index in [9.17, 15) is 35.9 Å². The van der Waals surface area contributed by atoms with Gasteiger partial charge in [-0.3, -0.25) is 9.59 Å². The summed E-state index contributed by atoms with van der Waals surface area (Å²) in [6.07, 6.45) is -8.39. The predicted molar refractivity (Wildman–Crippen MR) is 155 cm³/mol. The van der Waals surface area contributed by atoms with Crippen LogP contribution in [-0.2, 0) is 31.9 Å². The second kappa shape index (κ2) is 13.1. The molecule has 1 amide bonds. The molecule has 18 heteroatoms. The molecule has 3 aromatic heterocycles. The maximum absolute atomic E-state index is 13.8. The lowest BCUT2D eigenvalue weighted by atomic mass is 9.95. The standard InChI is InChI=1S/C29H20Cl2F6N8O2/c1-15-8-18(30)10-21(26(47)39-13-16-4-2-5-17(9-16)28(32,33)34)20(15)12-24(46)23-11-19(14-44-42-27(40-43-44)29(35,36)37)41-45(23)25-22(31)6-3-7-38-25/h2-11H,12-14H2,1H3,(H,39,47). The Hall–Kier alpha value is -4.83. The second-order valence-electron chi connectivity index (χ2n) is 10.1. The highest BCUT2D eigenvalue weighted by Gasteiger charge is 2.37. The number of tetrazole rings is 1. The molecule has 5 aromatic rings. The summed E-state index contributed by atoms with van der Waals surface area (Å²) < 4.78 is 79.5. The van der Waals surface area contributed by atoms with Crippen molar-refractivity contribution >= 4 is 34.9 Å². The fourth-order valence-corrected chi connectivity index (χ4v) is 5.04. The number of halogens is 8. The SMILES string of the molecule is Cc1cc(Cl)cc(C(=O)NCc2cccc(C(F)(F)F)c2)c1CC(=O)c1cc(Cn2nnc(C(F)(F)F)n2)nn1-c1ncccc1Cl. The van der Waals surface area contributed by atoms with Crippen LogP contribution in [0.1, 0.15) is 54.6 Å². The number of hydrogen-bond acceptors (Lipinski definition) is 7. The third-order valence-electron chi connectivity index (χ3n) is 6.72. The van der Waals surface area contributed by atoms with E-state index in [1.54, 1.807) is 6.92 Å². The van der Waals surface area contributed by atoms with E-state index in [2.05, 4.69) is 30.8 Å². The molecule has 0 radical (unpaired) electrons. The summed E-state index contributed by atoms with van der Waals surface area (Å²) >= 11 is 12.5. The number of amides is 1. The van der Waals surface area contributed by atoms with E-state index in [0.29, 0.717) is 10.4 Å². The smallest absolute Gasteiger partial charge is 0.348 e. The third kappa shape index (κ3) is 7.77. The summed E-state index contributed by atoms with van der Waals surface area (Å²) in [5.74, 6) is -2.71. The van der Waals surface area contributed by atoms with Crippen LogP contribution in [0.15, 0.2) is 60.8 Å². The molecule has 0 saturated heterocycles. The van der Waals surface area contributed by atoms with Crippen LogP contribution >= 0.6 is 23.2 Å². The number of aryl methyl sites for hydroxylation is 1. The highest BCUT2D eigenvalue weighted by atomic mass is 35.5.